The summed E-state index contributed by atoms with van der Waals surface area (Å²) >= 11 is 0. The molecule has 2 N–H and O–H groups in total. The molecule has 22 heavy (non-hydrogen) atoms. The molecule has 5 nitrogen and oxygen atoms in total. The number of aliphatic hydroxyl groups excluding tert-OH is 1. The van der Waals surface area contributed by atoms with E-state index in [2.05, 4.69) is 5.32 Å². The summed E-state index contributed by atoms with van der Waals surface area (Å²) in [5.41, 5.74) is 1.03. The average molecular weight is 299 g/mol. The Morgan fingerprint density at radius 2 is 1.55 bits per heavy atom. The topological polar surface area (TPSA) is 75.6 Å². The molecule has 0 aromatic heterocycles. The van der Waals surface area contributed by atoms with E-state index in [1.165, 1.54) is 6.92 Å². The molecule has 0 heterocycles. The number of aliphatic hydroxyl groups is 1. The highest BCUT2D eigenvalue weighted by atomic mass is 16.6. The van der Waals surface area contributed by atoms with Crippen molar-refractivity contribution in [2.75, 3.05) is 5.32 Å². The van der Waals surface area contributed by atoms with Gasteiger partial charge in [-0.1, -0.05) is 48.5 Å². The largest absolute Gasteiger partial charge is 0.450 e. The van der Waals surface area contributed by atoms with Gasteiger partial charge in [-0.05, 0) is 24.6 Å². The summed E-state index contributed by atoms with van der Waals surface area (Å²) in [6, 6.07) is 17.3. The van der Waals surface area contributed by atoms with Gasteiger partial charge in [0.15, 0.2) is 12.2 Å². The SMILES string of the molecule is C[C@H](OC(=O)[C@H](O)c1ccccc1)C(=O)Nc1ccccc1. The van der Waals surface area contributed by atoms with Gasteiger partial charge in [-0.15, -0.1) is 0 Å². The lowest BCUT2D eigenvalue weighted by Crippen LogP contribution is -2.31. The highest BCUT2D eigenvalue weighted by molar-refractivity contribution is 5.95. The van der Waals surface area contributed by atoms with E-state index in [0.717, 1.165) is 0 Å². The zero-order valence-corrected chi connectivity index (χ0v) is 12.1. The molecule has 0 radical (unpaired) electrons. The van der Waals surface area contributed by atoms with Crippen LogP contribution in [0.3, 0.4) is 0 Å². The molecule has 0 bridgehead atoms. The Balaban J connectivity index is 1.92. The summed E-state index contributed by atoms with van der Waals surface area (Å²) in [6.45, 7) is 1.45. The van der Waals surface area contributed by atoms with Crippen LogP contribution in [-0.2, 0) is 14.3 Å². The second-order valence-corrected chi connectivity index (χ2v) is 4.75. The molecule has 0 fully saturated rings. The first-order valence-corrected chi connectivity index (χ1v) is 6.87. The maximum atomic E-state index is 11.9. The molecule has 0 aliphatic heterocycles. The van der Waals surface area contributed by atoms with Crippen molar-refractivity contribution in [2.45, 2.75) is 19.1 Å². The Kier molecular flexibility index (Phi) is 5.27. The van der Waals surface area contributed by atoms with Gasteiger partial charge in [0, 0.05) is 5.69 Å². The zero-order chi connectivity index (χ0) is 15.9. The van der Waals surface area contributed by atoms with Gasteiger partial charge in [-0.3, -0.25) is 4.79 Å². The quantitative estimate of drug-likeness (QED) is 0.831. The summed E-state index contributed by atoms with van der Waals surface area (Å²) in [4.78, 5) is 23.8. The molecule has 0 aliphatic rings. The molecule has 2 atom stereocenters. The first-order chi connectivity index (χ1) is 10.6. The molecule has 1 amide bonds. The van der Waals surface area contributed by atoms with Crippen molar-refractivity contribution in [1.82, 2.24) is 0 Å². The molecule has 0 saturated heterocycles. The number of nitrogens with one attached hydrogen (secondary N) is 1. The molecule has 0 aliphatic carbocycles. The first-order valence-electron chi connectivity index (χ1n) is 6.87. The molecule has 0 unspecified atom stereocenters. The van der Waals surface area contributed by atoms with E-state index in [0.29, 0.717) is 11.3 Å². The summed E-state index contributed by atoms with van der Waals surface area (Å²) < 4.78 is 5.00. The zero-order valence-electron chi connectivity index (χ0n) is 12.1. The fraction of sp³-hybridized carbons (Fsp3) is 0.176. The van der Waals surface area contributed by atoms with Crippen LogP contribution in [-0.4, -0.2) is 23.1 Å². The van der Waals surface area contributed by atoms with Crippen molar-refractivity contribution < 1.29 is 19.4 Å². The predicted molar refractivity (Wildman–Crippen MR) is 82.0 cm³/mol. The number of carbonyl (C=O) groups excluding carboxylic acids is 2. The summed E-state index contributed by atoms with van der Waals surface area (Å²) in [5.74, 6) is -1.32. The van der Waals surface area contributed by atoms with Gasteiger partial charge in [0.25, 0.3) is 5.91 Å². The first kappa shape index (κ1) is 15.7. The van der Waals surface area contributed by atoms with Gasteiger partial charge in [0.05, 0.1) is 0 Å². The van der Waals surface area contributed by atoms with Crippen LogP contribution < -0.4 is 5.32 Å². The summed E-state index contributed by atoms with van der Waals surface area (Å²) in [7, 11) is 0. The minimum absolute atomic E-state index is 0.420. The normalized spacial score (nSPS) is 13.0. The molecule has 0 saturated carbocycles. The third kappa shape index (κ3) is 4.17. The Morgan fingerprint density at radius 3 is 2.14 bits per heavy atom. The molecule has 2 aromatic rings. The van der Waals surface area contributed by atoms with Crippen molar-refractivity contribution in [3.8, 4) is 0 Å². The average Bonchev–Trinajstić information content (AvgIpc) is 2.55. The van der Waals surface area contributed by atoms with Crippen molar-refractivity contribution in [2.24, 2.45) is 0 Å². The number of rotatable bonds is 5. The van der Waals surface area contributed by atoms with Crippen molar-refractivity contribution in [3.05, 3.63) is 66.2 Å². The van der Waals surface area contributed by atoms with E-state index in [1.807, 2.05) is 6.07 Å². The Labute approximate surface area is 128 Å². The van der Waals surface area contributed by atoms with Crippen LogP contribution in [0.15, 0.2) is 60.7 Å². The molecule has 5 heteroatoms. The van der Waals surface area contributed by atoms with Crippen molar-refractivity contribution in [3.63, 3.8) is 0 Å². The molecule has 2 rings (SSSR count). The third-order valence-corrected chi connectivity index (χ3v) is 3.04. The van der Waals surface area contributed by atoms with Gasteiger partial charge in [0.2, 0.25) is 0 Å². The van der Waals surface area contributed by atoms with E-state index in [9.17, 15) is 14.7 Å². The second-order valence-electron chi connectivity index (χ2n) is 4.75. The number of hydrogen-bond acceptors (Lipinski definition) is 4. The maximum absolute atomic E-state index is 11.9. The number of hydrogen-bond donors (Lipinski definition) is 2. The number of carbonyl (C=O) groups is 2. The van der Waals surface area contributed by atoms with E-state index >= 15 is 0 Å². The van der Waals surface area contributed by atoms with Gasteiger partial charge in [0.1, 0.15) is 0 Å². The van der Waals surface area contributed by atoms with Gasteiger partial charge in [-0.25, -0.2) is 4.79 Å². The van der Waals surface area contributed by atoms with Gasteiger partial charge >= 0.3 is 5.97 Å². The standard InChI is InChI=1S/C17H17NO4/c1-12(16(20)18-14-10-6-3-7-11-14)22-17(21)15(19)13-8-4-2-5-9-13/h2-12,15,19H,1H3,(H,18,20)/t12-,15+/m0/s1. The van der Waals surface area contributed by atoms with E-state index < -0.39 is 24.1 Å². The Hall–Kier alpha value is -2.66. The predicted octanol–water partition coefficient (Wildman–Crippen LogP) is 2.29. The molecule has 2 aromatic carbocycles. The lowest BCUT2D eigenvalue weighted by atomic mass is 10.1. The Morgan fingerprint density at radius 1 is 1.00 bits per heavy atom. The number of para-hydroxylation sites is 1. The van der Waals surface area contributed by atoms with Crippen LogP contribution in [0.1, 0.15) is 18.6 Å². The maximum Gasteiger partial charge on any atom is 0.340 e. The monoisotopic (exact) mass is 299 g/mol. The molecular formula is C17H17NO4. The van der Waals surface area contributed by atoms with Crippen LogP contribution >= 0.6 is 0 Å². The fourth-order valence-corrected chi connectivity index (χ4v) is 1.83. The van der Waals surface area contributed by atoms with Crippen LogP contribution in [0.4, 0.5) is 5.69 Å². The minimum Gasteiger partial charge on any atom is -0.450 e. The molecule has 0 spiro atoms. The van der Waals surface area contributed by atoms with Gasteiger partial charge < -0.3 is 15.2 Å². The van der Waals surface area contributed by atoms with Crippen molar-refractivity contribution >= 4 is 17.6 Å². The fourth-order valence-electron chi connectivity index (χ4n) is 1.83. The van der Waals surface area contributed by atoms with E-state index in [1.54, 1.807) is 54.6 Å². The number of benzene rings is 2. The smallest absolute Gasteiger partial charge is 0.340 e. The number of amides is 1. The molecular weight excluding hydrogens is 282 g/mol. The lowest BCUT2D eigenvalue weighted by molar-refractivity contribution is -0.162. The number of ether oxygens (including phenoxy) is 1. The highest BCUT2D eigenvalue weighted by Crippen LogP contribution is 2.15. The molecule has 114 valence electrons. The third-order valence-electron chi connectivity index (χ3n) is 3.04. The number of anilines is 1. The van der Waals surface area contributed by atoms with E-state index in [-0.39, 0.29) is 0 Å². The minimum atomic E-state index is -1.41. The van der Waals surface area contributed by atoms with Gasteiger partial charge in [-0.2, -0.15) is 0 Å². The summed E-state index contributed by atoms with van der Waals surface area (Å²) in [5, 5.41) is 12.5. The van der Waals surface area contributed by atoms with E-state index in [4.69, 9.17) is 4.74 Å². The number of esters is 1. The summed E-state index contributed by atoms with van der Waals surface area (Å²) in [6.07, 6.45) is -2.42. The highest BCUT2D eigenvalue weighted by Gasteiger charge is 2.24. The lowest BCUT2D eigenvalue weighted by Gasteiger charge is -2.16. The van der Waals surface area contributed by atoms with Crippen LogP contribution in [0, 0.1) is 0 Å². The van der Waals surface area contributed by atoms with Crippen molar-refractivity contribution in [1.29, 1.82) is 0 Å². The van der Waals surface area contributed by atoms with Crippen LogP contribution in [0.5, 0.6) is 0 Å². The second kappa shape index (κ2) is 7.38. The van der Waals surface area contributed by atoms with Crippen LogP contribution in [0.25, 0.3) is 0 Å². The Bertz CT molecular complexity index is 628. The van der Waals surface area contributed by atoms with Crippen LogP contribution in [0.2, 0.25) is 0 Å².